The largest absolute Gasteiger partial charge is 0.477 e. The van der Waals surface area contributed by atoms with Crippen molar-refractivity contribution in [3.63, 3.8) is 0 Å². The van der Waals surface area contributed by atoms with Crippen LogP contribution in [0, 0.1) is 5.82 Å². The number of alkyl halides is 5. The van der Waals surface area contributed by atoms with Crippen molar-refractivity contribution in [1.29, 1.82) is 0 Å². The Hall–Kier alpha value is -4.76. The predicted molar refractivity (Wildman–Crippen MR) is 126 cm³/mol. The van der Waals surface area contributed by atoms with Gasteiger partial charge in [0, 0.05) is 19.2 Å². The van der Waals surface area contributed by atoms with E-state index in [2.05, 4.69) is 30.9 Å². The molecule has 39 heavy (non-hydrogen) atoms. The summed E-state index contributed by atoms with van der Waals surface area (Å²) in [7, 11) is 1.23. The first-order chi connectivity index (χ1) is 18.1. The van der Waals surface area contributed by atoms with E-state index in [1.54, 1.807) is 24.3 Å². The average molecular weight is 561 g/mol. The molecule has 3 aromatic rings. The Morgan fingerprint density at radius 1 is 1.03 bits per heavy atom. The van der Waals surface area contributed by atoms with Crippen molar-refractivity contribution in [3.05, 3.63) is 71.3 Å². The summed E-state index contributed by atoms with van der Waals surface area (Å²) in [6, 6.07) is 7.31. The molecule has 3 rings (SSSR count). The van der Waals surface area contributed by atoms with Gasteiger partial charge in [0.25, 0.3) is 0 Å². The van der Waals surface area contributed by atoms with Crippen LogP contribution in [-0.4, -0.2) is 46.3 Å². The number of halogens is 6. The molecule has 0 aliphatic heterocycles. The van der Waals surface area contributed by atoms with Gasteiger partial charge >= 0.3 is 30.1 Å². The van der Waals surface area contributed by atoms with Gasteiger partial charge in [0.05, 0.1) is 30.2 Å². The normalized spacial score (nSPS) is 11.1. The molecule has 0 aliphatic carbocycles. The summed E-state index contributed by atoms with van der Waals surface area (Å²) in [6.45, 7) is 0.582. The highest BCUT2D eigenvalue weighted by Crippen LogP contribution is 2.31. The Balaban J connectivity index is 0.000000673. The first kappa shape index (κ1) is 30.5. The van der Waals surface area contributed by atoms with Crippen molar-refractivity contribution in [1.82, 2.24) is 10.2 Å². The van der Waals surface area contributed by atoms with Gasteiger partial charge in [-0.3, -0.25) is 5.10 Å². The minimum Gasteiger partial charge on any atom is -0.477 e. The molecule has 5 N–H and O–H groups in total. The molecule has 1 aromatic heterocycles. The lowest BCUT2D eigenvalue weighted by Crippen LogP contribution is -2.22. The fourth-order valence-corrected chi connectivity index (χ4v) is 2.72. The Kier molecular flexibility index (Phi) is 9.89. The molecular formula is C23H21F6N5O5. The number of amides is 2. The predicted octanol–water partition coefficient (Wildman–Crippen LogP) is 5.34. The number of carboxylic acid groups (broad SMARTS) is 1. The van der Waals surface area contributed by atoms with E-state index in [4.69, 9.17) is 5.11 Å². The SMILES string of the molecule is CC(F)(F)C(=O)O.COC(=O)c1[nH]ncc1NCc1cccc(NC(=O)Nc2cc(C(F)(F)F)ccc2F)c1. The molecule has 1 heterocycles. The minimum atomic E-state index is -4.68. The number of benzene rings is 2. The number of anilines is 3. The van der Waals surface area contributed by atoms with Crippen molar-refractivity contribution in [2.45, 2.75) is 25.6 Å². The summed E-state index contributed by atoms with van der Waals surface area (Å²) in [6.07, 6.45) is -3.27. The van der Waals surface area contributed by atoms with Gasteiger partial charge in [-0.25, -0.2) is 18.8 Å². The molecule has 2 amide bonds. The molecule has 0 saturated heterocycles. The number of hydrogen-bond acceptors (Lipinski definition) is 6. The van der Waals surface area contributed by atoms with E-state index in [1.165, 1.54) is 13.3 Å². The van der Waals surface area contributed by atoms with E-state index in [1.807, 2.05) is 0 Å². The molecule has 0 unspecified atom stereocenters. The van der Waals surface area contributed by atoms with Gasteiger partial charge in [-0.15, -0.1) is 0 Å². The number of hydrogen-bond donors (Lipinski definition) is 5. The summed E-state index contributed by atoms with van der Waals surface area (Å²) in [5.74, 6) is -7.28. The zero-order valence-electron chi connectivity index (χ0n) is 20.1. The van der Waals surface area contributed by atoms with Crippen LogP contribution in [0.3, 0.4) is 0 Å². The van der Waals surface area contributed by atoms with Crippen LogP contribution in [0.4, 0.5) is 48.2 Å². The highest BCUT2D eigenvalue weighted by molar-refractivity contribution is 6.00. The van der Waals surface area contributed by atoms with E-state index in [0.717, 1.165) is 0 Å². The summed E-state index contributed by atoms with van der Waals surface area (Å²) >= 11 is 0. The zero-order chi connectivity index (χ0) is 29.4. The highest BCUT2D eigenvalue weighted by Gasteiger charge is 2.32. The number of aliphatic carboxylic acids is 1. The smallest absolute Gasteiger partial charge is 0.416 e. The number of nitrogens with one attached hydrogen (secondary N) is 4. The molecular weight excluding hydrogens is 540 g/mol. The number of H-pyrrole nitrogens is 1. The Bertz CT molecular complexity index is 1320. The second kappa shape index (κ2) is 12.7. The van der Waals surface area contributed by atoms with Gasteiger partial charge in [0.1, 0.15) is 5.82 Å². The number of aromatic amines is 1. The Morgan fingerprint density at radius 3 is 2.28 bits per heavy atom. The van der Waals surface area contributed by atoms with Crippen molar-refractivity contribution in [2.24, 2.45) is 0 Å². The minimum absolute atomic E-state index is 0.143. The second-order valence-corrected chi connectivity index (χ2v) is 7.67. The number of rotatable bonds is 7. The molecule has 16 heteroatoms. The van der Waals surface area contributed by atoms with Crippen LogP contribution in [0.5, 0.6) is 0 Å². The summed E-state index contributed by atoms with van der Waals surface area (Å²) in [5, 5.41) is 21.3. The average Bonchev–Trinajstić information content (AvgIpc) is 3.31. The molecule has 0 bridgehead atoms. The molecule has 0 spiro atoms. The number of ether oxygens (including phenoxy) is 1. The van der Waals surface area contributed by atoms with Crippen LogP contribution in [0.25, 0.3) is 0 Å². The lowest BCUT2D eigenvalue weighted by atomic mass is 10.2. The van der Waals surface area contributed by atoms with E-state index in [0.29, 0.717) is 42.1 Å². The van der Waals surface area contributed by atoms with Gasteiger partial charge in [-0.1, -0.05) is 12.1 Å². The Morgan fingerprint density at radius 2 is 1.69 bits per heavy atom. The zero-order valence-corrected chi connectivity index (χ0v) is 20.1. The number of carbonyl (C=O) groups excluding carboxylic acids is 2. The first-order valence-electron chi connectivity index (χ1n) is 10.6. The van der Waals surface area contributed by atoms with Crippen molar-refractivity contribution in [3.8, 4) is 0 Å². The number of esters is 1. The number of aromatic nitrogens is 2. The lowest BCUT2D eigenvalue weighted by Gasteiger charge is -2.12. The molecule has 210 valence electrons. The van der Waals surface area contributed by atoms with Crippen LogP contribution >= 0.6 is 0 Å². The number of carbonyl (C=O) groups is 3. The van der Waals surface area contributed by atoms with E-state index in [9.17, 15) is 40.7 Å². The number of nitrogens with zero attached hydrogens (tertiary/aromatic N) is 1. The quantitative estimate of drug-likeness (QED) is 0.194. The van der Waals surface area contributed by atoms with Gasteiger partial charge in [0.15, 0.2) is 5.69 Å². The summed E-state index contributed by atoms with van der Waals surface area (Å²) < 4.78 is 79.4. The van der Waals surface area contributed by atoms with E-state index < -0.39 is 47.1 Å². The molecule has 0 radical (unpaired) electrons. The third-order valence-electron chi connectivity index (χ3n) is 4.61. The summed E-state index contributed by atoms with van der Waals surface area (Å²) in [5.41, 5.74) is -0.129. The van der Waals surface area contributed by atoms with Crippen LogP contribution < -0.4 is 16.0 Å². The fraction of sp³-hybridized carbons (Fsp3) is 0.217. The maximum absolute atomic E-state index is 13.8. The molecule has 10 nitrogen and oxygen atoms in total. The Labute approximate surface area is 216 Å². The van der Waals surface area contributed by atoms with Gasteiger partial charge in [0.2, 0.25) is 0 Å². The van der Waals surface area contributed by atoms with E-state index >= 15 is 0 Å². The van der Waals surface area contributed by atoms with Gasteiger partial charge < -0.3 is 25.8 Å². The molecule has 0 aliphatic rings. The highest BCUT2D eigenvalue weighted by atomic mass is 19.4. The lowest BCUT2D eigenvalue weighted by molar-refractivity contribution is -0.161. The monoisotopic (exact) mass is 561 g/mol. The van der Waals surface area contributed by atoms with Crippen LogP contribution in [0.1, 0.15) is 28.5 Å². The van der Waals surface area contributed by atoms with Crippen LogP contribution in [-0.2, 0) is 22.3 Å². The van der Waals surface area contributed by atoms with Crippen LogP contribution in [0.2, 0.25) is 0 Å². The van der Waals surface area contributed by atoms with Gasteiger partial charge in [-0.05, 0) is 35.9 Å². The standard InChI is InChI=1S/C20H17F4N5O3.C3H4F2O2/c1-32-18(30)17-16(10-26-29-17)25-9-11-3-2-4-13(7-11)27-19(31)28-15-8-12(20(22,23)24)5-6-14(15)21;1-3(4,5)2(6)7/h2-8,10,25H,9H2,1H3,(H,26,29)(H2,27,28,31);1H3,(H,6,7). The van der Waals surface area contributed by atoms with E-state index in [-0.39, 0.29) is 12.2 Å². The third kappa shape index (κ3) is 9.24. The second-order valence-electron chi connectivity index (χ2n) is 7.67. The van der Waals surface area contributed by atoms with Gasteiger partial charge in [-0.2, -0.15) is 27.1 Å². The van der Waals surface area contributed by atoms with Crippen molar-refractivity contribution < 1.29 is 50.6 Å². The maximum Gasteiger partial charge on any atom is 0.416 e. The number of urea groups is 1. The molecule has 0 fully saturated rings. The number of carboxylic acids is 1. The molecule has 0 saturated carbocycles. The number of methoxy groups -OCH3 is 1. The maximum atomic E-state index is 13.8. The van der Waals surface area contributed by atoms with Crippen LogP contribution in [0.15, 0.2) is 48.7 Å². The third-order valence-corrected chi connectivity index (χ3v) is 4.61. The topological polar surface area (TPSA) is 145 Å². The first-order valence-corrected chi connectivity index (χ1v) is 10.6. The fourth-order valence-electron chi connectivity index (χ4n) is 2.72. The van der Waals surface area contributed by atoms with Crippen molar-refractivity contribution >= 4 is 35.0 Å². The molecule has 2 aromatic carbocycles. The summed E-state index contributed by atoms with van der Waals surface area (Å²) in [4.78, 5) is 33.1. The molecule has 0 atom stereocenters. The van der Waals surface area contributed by atoms with Crippen molar-refractivity contribution in [2.75, 3.05) is 23.1 Å².